The third kappa shape index (κ3) is 3.13. The molecule has 0 aliphatic carbocycles. The second-order valence-corrected chi connectivity index (χ2v) is 6.53. The zero-order valence-corrected chi connectivity index (χ0v) is 13.3. The Kier molecular flexibility index (Phi) is 4.14. The topological polar surface area (TPSA) is 52.0 Å². The standard InChI is InChI=1S/C20H24N2/c1-13(21)7-17-11-19-9-15-5-3-4-6-16(15)10-20(19)12-18(17)8-14(2)22/h3-6,9-14H,7-8,21-22H2,1-2H3. The molecule has 0 amide bonds. The Morgan fingerprint density at radius 1 is 0.682 bits per heavy atom. The zero-order valence-electron chi connectivity index (χ0n) is 13.3. The summed E-state index contributed by atoms with van der Waals surface area (Å²) in [5, 5.41) is 5.12. The molecule has 0 aromatic heterocycles. The molecule has 3 aromatic carbocycles. The normalized spacial score (nSPS) is 14.4. The van der Waals surface area contributed by atoms with Crippen LogP contribution >= 0.6 is 0 Å². The lowest BCUT2D eigenvalue weighted by Gasteiger charge is -2.16. The van der Waals surface area contributed by atoms with Crippen molar-refractivity contribution in [3.63, 3.8) is 0 Å². The average molecular weight is 292 g/mol. The maximum atomic E-state index is 6.03. The fourth-order valence-corrected chi connectivity index (χ4v) is 3.16. The van der Waals surface area contributed by atoms with Crippen molar-refractivity contribution in [2.75, 3.05) is 0 Å². The lowest BCUT2D eigenvalue weighted by molar-refractivity contribution is 0.703. The molecule has 3 aromatic rings. The Hall–Kier alpha value is -1.90. The van der Waals surface area contributed by atoms with Crippen LogP contribution in [-0.4, -0.2) is 12.1 Å². The molecule has 2 unspecified atom stereocenters. The molecular weight excluding hydrogens is 268 g/mol. The van der Waals surface area contributed by atoms with E-state index in [1.807, 2.05) is 0 Å². The largest absolute Gasteiger partial charge is 0.328 e. The van der Waals surface area contributed by atoms with Crippen molar-refractivity contribution in [3.8, 4) is 0 Å². The van der Waals surface area contributed by atoms with Gasteiger partial charge in [-0.15, -0.1) is 0 Å². The van der Waals surface area contributed by atoms with Gasteiger partial charge in [0.2, 0.25) is 0 Å². The Morgan fingerprint density at radius 3 is 1.45 bits per heavy atom. The molecule has 0 radical (unpaired) electrons. The van der Waals surface area contributed by atoms with Crippen LogP contribution in [0.15, 0.2) is 48.5 Å². The highest BCUT2D eigenvalue weighted by atomic mass is 14.6. The van der Waals surface area contributed by atoms with E-state index < -0.39 is 0 Å². The Bertz CT molecular complexity index is 735. The predicted octanol–water partition coefficient (Wildman–Crippen LogP) is 3.77. The summed E-state index contributed by atoms with van der Waals surface area (Å²) >= 11 is 0. The highest BCUT2D eigenvalue weighted by Crippen LogP contribution is 2.27. The Labute approximate surface area is 132 Å². The summed E-state index contributed by atoms with van der Waals surface area (Å²) < 4.78 is 0. The van der Waals surface area contributed by atoms with Gasteiger partial charge in [-0.3, -0.25) is 0 Å². The van der Waals surface area contributed by atoms with Gasteiger partial charge in [-0.25, -0.2) is 0 Å². The van der Waals surface area contributed by atoms with E-state index in [0.717, 1.165) is 12.8 Å². The van der Waals surface area contributed by atoms with Crippen LogP contribution in [0.1, 0.15) is 25.0 Å². The van der Waals surface area contributed by atoms with Crippen LogP contribution in [0, 0.1) is 0 Å². The van der Waals surface area contributed by atoms with E-state index in [4.69, 9.17) is 11.5 Å². The van der Waals surface area contributed by atoms with E-state index in [1.54, 1.807) is 0 Å². The third-order valence-corrected chi connectivity index (χ3v) is 4.11. The van der Waals surface area contributed by atoms with Crippen molar-refractivity contribution in [2.24, 2.45) is 11.5 Å². The maximum Gasteiger partial charge on any atom is 0.00510 e. The second kappa shape index (κ2) is 6.07. The van der Waals surface area contributed by atoms with Crippen molar-refractivity contribution in [1.29, 1.82) is 0 Å². The summed E-state index contributed by atoms with van der Waals surface area (Å²) in [5.41, 5.74) is 14.7. The number of hydrogen-bond donors (Lipinski definition) is 2. The summed E-state index contributed by atoms with van der Waals surface area (Å²) in [4.78, 5) is 0. The van der Waals surface area contributed by atoms with Crippen LogP contribution in [0.3, 0.4) is 0 Å². The van der Waals surface area contributed by atoms with Crippen molar-refractivity contribution in [1.82, 2.24) is 0 Å². The van der Waals surface area contributed by atoms with Crippen molar-refractivity contribution in [2.45, 2.75) is 38.8 Å². The minimum absolute atomic E-state index is 0.157. The van der Waals surface area contributed by atoms with Crippen LogP contribution in [0.5, 0.6) is 0 Å². The molecule has 0 heterocycles. The summed E-state index contributed by atoms with van der Waals surface area (Å²) in [5.74, 6) is 0. The van der Waals surface area contributed by atoms with Crippen molar-refractivity contribution in [3.05, 3.63) is 59.7 Å². The van der Waals surface area contributed by atoms with Gasteiger partial charge >= 0.3 is 0 Å². The first-order valence-electron chi connectivity index (χ1n) is 7.98. The molecule has 4 N–H and O–H groups in total. The first-order valence-corrected chi connectivity index (χ1v) is 7.98. The quantitative estimate of drug-likeness (QED) is 0.719. The van der Waals surface area contributed by atoms with Gasteiger partial charge < -0.3 is 11.5 Å². The summed E-state index contributed by atoms with van der Waals surface area (Å²) in [6.45, 7) is 4.11. The monoisotopic (exact) mass is 292 g/mol. The molecule has 3 rings (SSSR count). The van der Waals surface area contributed by atoms with Crippen LogP contribution < -0.4 is 11.5 Å². The van der Waals surface area contributed by atoms with Crippen LogP contribution in [-0.2, 0) is 12.8 Å². The molecule has 0 aliphatic heterocycles. The highest BCUT2D eigenvalue weighted by molar-refractivity contribution is 5.98. The summed E-state index contributed by atoms with van der Waals surface area (Å²) in [7, 11) is 0. The zero-order chi connectivity index (χ0) is 15.7. The molecule has 0 saturated heterocycles. The molecule has 0 saturated carbocycles. The molecule has 2 heteroatoms. The van der Waals surface area contributed by atoms with Crippen molar-refractivity contribution < 1.29 is 0 Å². The SMILES string of the molecule is CC(N)Cc1cc2cc3ccccc3cc2cc1CC(C)N. The minimum Gasteiger partial charge on any atom is -0.328 e. The van der Waals surface area contributed by atoms with Crippen LogP contribution in [0.4, 0.5) is 0 Å². The van der Waals surface area contributed by atoms with Crippen LogP contribution in [0.25, 0.3) is 21.5 Å². The van der Waals surface area contributed by atoms with Gasteiger partial charge in [-0.1, -0.05) is 36.4 Å². The molecule has 0 aliphatic rings. The molecule has 2 nitrogen and oxygen atoms in total. The third-order valence-electron chi connectivity index (χ3n) is 4.11. The molecule has 22 heavy (non-hydrogen) atoms. The fraction of sp³-hybridized carbons (Fsp3) is 0.300. The van der Waals surface area contributed by atoms with Crippen LogP contribution in [0.2, 0.25) is 0 Å². The maximum absolute atomic E-state index is 6.03. The van der Waals surface area contributed by atoms with E-state index >= 15 is 0 Å². The molecule has 2 atom stereocenters. The Balaban J connectivity index is 2.19. The molecule has 0 fully saturated rings. The predicted molar refractivity (Wildman–Crippen MR) is 96.2 cm³/mol. The number of fused-ring (bicyclic) bond motifs is 2. The van der Waals surface area contributed by atoms with Gasteiger partial charge in [0, 0.05) is 12.1 Å². The number of rotatable bonds is 4. The van der Waals surface area contributed by atoms with E-state index in [2.05, 4.69) is 62.4 Å². The number of nitrogens with two attached hydrogens (primary N) is 2. The fourth-order valence-electron chi connectivity index (χ4n) is 3.16. The molecule has 0 spiro atoms. The summed E-state index contributed by atoms with van der Waals surface area (Å²) in [6.07, 6.45) is 1.79. The second-order valence-electron chi connectivity index (χ2n) is 6.53. The first kappa shape index (κ1) is 15.0. The van der Waals surface area contributed by atoms with Gasteiger partial charge in [-0.2, -0.15) is 0 Å². The van der Waals surface area contributed by atoms with Gasteiger partial charge in [-0.05, 0) is 71.5 Å². The van der Waals surface area contributed by atoms with E-state index in [9.17, 15) is 0 Å². The lowest BCUT2D eigenvalue weighted by atomic mass is 9.92. The minimum atomic E-state index is 0.157. The van der Waals surface area contributed by atoms with Gasteiger partial charge in [0.25, 0.3) is 0 Å². The van der Waals surface area contributed by atoms with Gasteiger partial charge in [0.05, 0.1) is 0 Å². The number of benzene rings is 3. The Morgan fingerprint density at radius 2 is 1.09 bits per heavy atom. The number of hydrogen-bond acceptors (Lipinski definition) is 2. The average Bonchev–Trinajstić information content (AvgIpc) is 2.45. The molecule has 0 bridgehead atoms. The van der Waals surface area contributed by atoms with Crippen molar-refractivity contribution >= 4 is 21.5 Å². The molecule has 114 valence electrons. The van der Waals surface area contributed by atoms with Gasteiger partial charge in [0.15, 0.2) is 0 Å². The molecular formula is C20H24N2. The highest BCUT2D eigenvalue weighted by Gasteiger charge is 2.10. The van der Waals surface area contributed by atoms with Gasteiger partial charge in [0.1, 0.15) is 0 Å². The first-order chi connectivity index (χ1) is 10.5. The van der Waals surface area contributed by atoms with E-state index in [0.29, 0.717) is 0 Å². The van der Waals surface area contributed by atoms with E-state index in [-0.39, 0.29) is 12.1 Å². The van der Waals surface area contributed by atoms with E-state index in [1.165, 1.54) is 32.7 Å². The lowest BCUT2D eigenvalue weighted by Crippen LogP contribution is -2.22. The smallest absolute Gasteiger partial charge is 0.00510 e. The summed E-state index contributed by atoms with van der Waals surface area (Å²) in [6, 6.07) is 17.9.